The van der Waals surface area contributed by atoms with Gasteiger partial charge < -0.3 is 28.3 Å². The van der Waals surface area contributed by atoms with E-state index in [0.717, 1.165) is 4.90 Å². The molecular formula is C23H25NO7S. The predicted molar refractivity (Wildman–Crippen MR) is 122 cm³/mol. The molecule has 3 aromatic rings. The third-order valence-electron chi connectivity index (χ3n) is 4.25. The van der Waals surface area contributed by atoms with Crippen molar-refractivity contribution < 1.29 is 28.2 Å². The Bertz CT molecular complexity index is 1170. The fraction of sp³-hybridized carbons (Fsp3) is 0.304. The highest BCUT2D eigenvalue weighted by Crippen LogP contribution is 2.43. The van der Waals surface area contributed by atoms with Crippen molar-refractivity contribution in [1.82, 2.24) is 4.90 Å². The van der Waals surface area contributed by atoms with E-state index in [0.29, 0.717) is 27.9 Å². The molecule has 1 aromatic heterocycles. The van der Waals surface area contributed by atoms with Gasteiger partial charge in [-0.25, -0.2) is 4.79 Å². The first-order chi connectivity index (χ1) is 15.2. The summed E-state index contributed by atoms with van der Waals surface area (Å²) in [5.74, 6) is 1.44. The quantitative estimate of drug-likeness (QED) is 0.498. The van der Waals surface area contributed by atoms with Crippen LogP contribution in [0.3, 0.4) is 0 Å². The van der Waals surface area contributed by atoms with Crippen molar-refractivity contribution in [2.24, 2.45) is 0 Å². The third kappa shape index (κ3) is 5.11. The second-order valence-corrected chi connectivity index (χ2v) is 8.32. The summed E-state index contributed by atoms with van der Waals surface area (Å²) < 4.78 is 27.9. The maximum absolute atomic E-state index is 12.9. The highest BCUT2D eigenvalue weighted by Gasteiger charge is 2.21. The van der Waals surface area contributed by atoms with Crippen LogP contribution in [0.2, 0.25) is 0 Å². The Morgan fingerprint density at radius 3 is 2.25 bits per heavy atom. The number of amides is 1. The minimum atomic E-state index is -0.463. The molecule has 0 unspecified atom stereocenters. The lowest BCUT2D eigenvalue weighted by Gasteiger charge is -2.17. The topological polar surface area (TPSA) is 87.4 Å². The highest BCUT2D eigenvalue weighted by molar-refractivity contribution is 7.99. The minimum absolute atomic E-state index is 0.115. The molecule has 8 nitrogen and oxygen atoms in total. The van der Waals surface area contributed by atoms with Gasteiger partial charge in [-0.3, -0.25) is 4.79 Å². The summed E-state index contributed by atoms with van der Waals surface area (Å²) in [4.78, 5) is 26.7. The summed E-state index contributed by atoms with van der Waals surface area (Å²) in [5, 5.41) is 0.666. The molecule has 0 aliphatic rings. The maximum Gasteiger partial charge on any atom is 0.414 e. The number of fused-ring (bicyclic) bond motifs is 1. The Kier molecular flexibility index (Phi) is 7.19. The molecule has 0 aliphatic heterocycles. The molecule has 0 bridgehead atoms. The molecule has 0 saturated heterocycles. The van der Waals surface area contributed by atoms with Crippen molar-refractivity contribution in [3.8, 4) is 23.0 Å². The van der Waals surface area contributed by atoms with Crippen LogP contribution in [0.5, 0.6) is 23.0 Å². The lowest BCUT2D eigenvalue weighted by Crippen LogP contribution is -2.25. The van der Waals surface area contributed by atoms with Crippen LogP contribution in [-0.4, -0.2) is 45.4 Å². The molecule has 0 spiro atoms. The number of benzene rings is 2. The molecule has 0 atom stereocenters. The van der Waals surface area contributed by atoms with Crippen LogP contribution in [-0.2, 0) is 0 Å². The Morgan fingerprint density at radius 2 is 1.69 bits per heavy atom. The van der Waals surface area contributed by atoms with Gasteiger partial charge in [-0.15, -0.1) is 0 Å². The van der Waals surface area contributed by atoms with E-state index in [2.05, 4.69) is 0 Å². The molecular weight excluding hydrogens is 434 g/mol. The molecule has 170 valence electrons. The summed E-state index contributed by atoms with van der Waals surface area (Å²) in [5.41, 5.74) is 0.0568. The summed E-state index contributed by atoms with van der Waals surface area (Å²) >= 11 is 1.26. The smallest absolute Gasteiger partial charge is 0.414 e. The molecule has 32 heavy (non-hydrogen) atoms. The first kappa shape index (κ1) is 23.3. The van der Waals surface area contributed by atoms with Crippen molar-refractivity contribution >= 4 is 28.8 Å². The normalized spacial score (nSPS) is 10.8. The van der Waals surface area contributed by atoms with Crippen molar-refractivity contribution in [2.75, 3.05) is 28.3 Å². The van der Waals surface area contributed by atoms with Gasteiger partial charge in [0.15, 0.2) is 22.0 Å². The van der Waals surface area contributed by atoms with Crippen molar-refractivity contribution in [3.05, 3.63) is 46.6 Å². The second-order valence-electron chi connectivity index (χ2n) is 7.25. The Balaban J connectivity index is 1.96. The van der Waals surface area contributed by atoms with E-state index in [-0.39, 0.29) is 22.7 Å². The largest absolute Gasteiger partial charge is 0.492 e. The minimum Gasteiger partial charge on any atom is -0.492 e. The van der Waals surface area contributed by atoms with E-state index in [9.17, 15) is 9.59 Å². The molecule has 0 N–H and O–H groups in total. The predicted octanol–water partition coefficient (Wildman–Crippen LogP) is 4.81. The monoisotopic (exact) mass is 459 g/mol. The average molecular weight is 460 g/mol. The van der Waals surface area contributed by atoms with Crippen LogP contribution in [0, 0.1) is 0 Å². The molecule has 1 heterocycles. The number of nitrogens with zero attached hydrogens (tertiary/aromatic N) is 1. The van der Waals surface area contributed by atoms with Gasteiger partial charge in [0.05, 0.1) is 20.3 Å². The number of methoxy groups -OCH3 is 2. The number of hydrogen-bond donors (Lipinski definition) is 0. The van der Waals surface area contributed by atoms with Gasteiger partial charge in [-0.1, -0.05) is 11.8 Å². The third-order valence-corrected chi connectivity index (χ3v) is 5.17. The van der Waals surface area contributed by atoms with Gasteiger partial charge in [-0.2, -0.15) is 0 Å². The summed E-state index contributed by atoms with van der Waals surface area (Å²) in [7, 11) is 6.17. The molecule has 0 radical (unpaired) electrons. The van der Waals surface area contributed by atoms with Gasteiger partial charge in [-0.05, 0) is 38.1 Å². The van der Waals surface area contributed by atoms with E-state index in [4.69, 9.17) is 23.4 Å². The van der Waals surface area contributed by atoms with Crippen LogP contribution < -0.4 is 24.4 Å². The second kappa shape index (κ2) is 9.86. The number of carbonyl (C=O) groups excluding carboxylic acids is 1. The van der Waals surface area contributed by atoms with Crippen molar-refractivity contribution in [2.45, 2.75) is 29.9 Å². The molecule has 1 amide bonds. The van der Waals surface area contributed by atoms with Crippen LogP contribution >= 0.6 is 11.8 Å². The van der Waals surface area contributed by atoms with Gasteiger partial charge in [0.2, 0.25) is 5.75 Å². The zero-order valence-electron chi connectivity index (χ0n) is 18.8. The average Bonchev–Trinajstić information content (AvgIpc) is 2.73. The number of ether oxygens (including phenoxy) is 4. The van der Waals surface area contributed by atoms with E-state index in [1.54, 1.807) is 44.4 Å². The molecule has 2 aromatic carbocycles. The molecule has 0 saturated carbocycles. The van der Waals surface area contributed by atoms with Crippen LogP contribution in [0.15, 0.2) is 55.6 Å². The van der Waals surface area contributed by atoms with E-state index in [1.807, 2.05) is 13.8 Å². The van der Waals surface area contributed by atoms with E-state index in [1.165, 1.54) is 36.9 Å². The first-order valence-corrected chi connectivity index (χ1v) is 10.6. The van der Waals surface area contributed by atoms with Crippen LogP contribution in [0.4, 0.5) is 4.79 Å². The van der Waals surface area contributed by atoms with Crippen molar-refractivity contribution in [1.29, 1.82) is 0 Å². The number of hydrogen-bond acceptors (Lipinski definition) is 8. The van der Waals surface area contributed by atoms with E-state index < -0.39 is 6.09 Å². The molecule has 0 fully saturated rings. The zero-order chi connectivity index (χ0) is 23.4. The Hall–Kier alpha value is -3.33. The SMILES string of the molecule is COc1c(OC(C)C)cc2oc(Sc3ccc(OC(=O)N(C)C)cc3)cc(=O)c2c1OC. The zero-order valence-corrected chi connectivity index (χ0v) is 19.6. The summed E-state index contributed by atoms with van der Waals surface area (Å²) in [6, 6.07) is 9.92. The standard InChI is InChI=1S/C23H25NO7S/c1-13(2)29-18-12-17-20(22(28-6)21(18)27-5)16(25)11-19(31-17)32-15-9-7-14(8-10-15)30-23(26)24(3)4/h7-13H,1-6H3. The summed E-state index contributed by atoms with van der Waals surface area (Å²) in [6.07, 6.45) is -0.579. The fourth-order valence-electron chi connectivity index (χ4n) is 2.89. The number of carbonyl (C=O) groups is 1. The fourth-order valence-corrected chi connectivity index (χ4v) is 3.69. The molecule has 3 rings (SSSR count). The molecule has 0 aliphatic carbocycles. The van der Waals surface area contributed by atoms with Gasteiger partial charge in [0.25, 0.3) is 0 Å². The van der Waals surface area contributed by atoms with Gasteiger partial charge in [0.1, 0.15) is 16.7 Å². The van der Waals surface area contributed by atoms with Crippen LogP contribution in [0.1, 0.15) is 13.8 Å². The first-order valence-electron chi connectivity index (χ1n) is 9.80. The summed E-state index contributed by atoms with van der Waals surface area (Å²) in [6.45, 7) is 3.77. The van der Waals surface area contributed by atoms with Gasteiger partial charge in [0, 0.05) is 31.1 Å². The lowest BCUT2D eigenvalue weighted by atomic mass is 10.1. The highest BCUT2D eigenvalue weighted by atomic mass is 32.2. The maximum atomic E-state index is 12.9. The van der Waals surface area contributed by atoms with E-state index >= 15 is 0 Å². The Morgan fingerprint density at radius 1 is 1.03 bits per heavy atom. The van der Waals surface area contributed by atoms with Gasteiger partial charge >= 0.3 is 6.09 Å². The Labute approximate surface area is 190 Å². The van der Waals surface area contributed by atoms with Crippen LogP contribution in [0.25, 0.3) is 11.0 Å². The number of rotatable bonds is 7. The molecule has 9 heteroatoms. The lowest BCUT2D eigenvalue weighted by molar-refractivity contribution is 0.172. The van der Waals surface area contributed by atoms with Crippen molar-refractivity contribution in [3.63, 3.8) is 0 Å².